The van der Waals surface area contributed by atoms with Gasteiger partial charge in [0.1, 0.15) is 10.1 Å². The van der Waals surface area contributed by atoms with E-state index in [0.29, 0.717) is 11.0 Å². The lowest BCUT2D eigenvalue weighted by Gasteiger charge is -2.04. The number of aromatic nitrogens is 3. The largest absolute Gasteiger partial charge is 0.354 e. The van der Waals surface area contributed by atoms with Crippen molar-refractivity contribution in [2.75, 3.05) is 11.9 Å². The first-order valence-corrected chi connectivity index (χ1v) is 6.34. The maximum absolute atomic E-state index is 6.03. The van der Waals surface area contributed by atoms with Gasteiger partial charge in [0.2, 0.25) is 5.95 Å². The zero-order chi connectivity index (χ0) is 12.1. The predicted molar refractivity (Wildman–Crippen MR) is 69.6 cm³/mol. The third-order valence-corrected chi connectivity index (χ3v) is 3.26. The fourth-order valence-corrected chi connectivity index (χ4v) is 2.16. The van der Waals surface area contributed by atoms with E-state index in [-0.39, 0.29) is 0 Å². The Balaban J connectivity index is 2.18. The molecule has 0 bridgehead atoms. The fraction of sp³-hybridized carbons (Fsp3) is 0.182. The minimum Gasteiger partial charge on any atom is -0.354 e. The molecule has 1 N–H and O–H groups in total. The summed E-state index contributed by atoms with van der Waals surface area (Å²) in [5.41, 5.74) is 0. The molecule has 0 saturated heterocycles. The SMILES string of the molecule is CCNc1nccc(Sc2ncccc2Cl)n1. The highest BCUT2D eigenvalue weighted by Crippen LogP contribution is 2.29. The van der Waals surface area contributed by atoms with Crippen LogP contribution in [0.25, 0.3) is 0 Å². The lowest BCUT2D eigenvalue weighted by Crippen LogP contribution is -2.01. The molecule has 4 nitrogen and oxygen atoms in total. The van der Waals surface area contributed by atoms with Crippen molar-refractivity contribution in [3.63, 3.8) is 0 Å². The van der Waals surface area contributed by atoms with E-state index in [1.165, 1.54) is 11.8 Å². The highest BCUT2D eigenvalue weighted by molar-refractivity contribution is 7.99. The molecule has 17 heavy (non-hydrogen) atoms. The Hall–Kier alpha value is -1.33. The number of hydrogen-bond acceptors (Lipinski definition) is 5. The highest BCUT2D eigenvalue weighted by atomic mass is 35.5. The first-order valence-electron chi connectivity index (χ1n) is 5.15. The molecule has 0 unspecified atom stereocenters. The Morgan fingerprint density at radius 1 is 1.29 bits per heavy atom. The molecule has 0 radical (unpaired) electrons. The fourth-order valence-electron chi connectivity index (χ4n) is 1.19. The molecule has 2 rings (SSSR count). The van der Waals surface area contributed by atoms with Crippen LogP contribution in [-0.4, -0.2) is 21.5 Å². The van der Waals surface area contributed by atoms with E-state index in [4.69, 9.17) is 11.6 Å². The summed E-state index contributed by atoms with van der Waals surface area (Å²) in [5, 5.41) is 5.25. The smallest absolute Gasteiger partial charge is 0.223 e. The normalized spacial score (nSPS) is 10.2. The predicted octanol–water partition coefficient (Wildman–Crippen LogP) is 3.11. The van der Waals surface area contributed by atoms with Crippen molar-refractivity contribution >= 4 is 29.3 Å². The van der Waals surface area contributed by atoms with Crippen molar-refractivity contribution < 1.29 is 0 Å². The van der Waals surface area contributed by atoms with Crippen LogP contribution in [0.15, 0.2) is 40.6 Å². The second-order valence-corrected chi connectivity index (χ2v) is 4.56. The maximum Gasteiger partial charge on any atom is 0.223 e. The molecule has 0 saturated carbocycles. The van der Waals surface area contributed by atoms with Crippen LogP contribution in [0.5, 0.6) is 0 Å². The first kappa shape index (κ1) is 12.1. The average Bonchev–Trinajstić information content (AvgIpc) is 2.33. The number of anilines is 1. The average molecular weight is 267 g/mol. The van der Waals surface area contributed by atoms with Crippen LogP contribution in [0.2, 0.25) is 5.02 Å². The van der Waals surface area contributed by atoms with Gasteiger partial charge in [-0.25, -0.2) is 15.0 Å². The number of rotatable bonds is 4. The van der Waals surface area contributed by atoms with Crippen molar-refractivity contribution in [1.29, 1.82) is 0 Å². The van der Waals surface area contributed by atoms with E-state index in [1.807, 2.05) is 19.1 Å². The van der Waals surface area contributed by atoms with Gasteiger partial charge in [0.15, 0.2) is 0 Å². The Morgan fingerprint density at radius 3 is 2.94 bits per heavy atom. The lowest BCUT2D eigenvalue weighted by molar-refractivity contribution is 1.01. The van der Waals surface area contributed by atoms with Gasteiger partial charge in [0, 0.05) is 18.9 Å². The van der Waals surface area contributed by atoms with Gasteiger partial charge in [0.25, 0.3) is 0 Å². The molecule has 0 atom stereocenters. The zero-order valence-electron chi connectivity index (χ0n) is 9.22. The molecule has 0 fully saturated rings. The Kier molecular flexibility index (Phi) is 4.17. The van der Waals surface area contributed by atoms with Crippen molar-refractivity contribution in [3.8, 4) is 0 Å². The van der Waals surface area contributed by atoms with Crippen LogP contribution < -0.4 is 5.32 Å². The van der Waals surface area contributed by atoms with E-state index < -0.39 is 0 Å². The Bertz CT molecular complexity index is 506. The molecule has 0 aromatic carbocycles. The van der Waals surface area contributed by atoms with Crippen LogP contribution >= 0.6 is 23.4 Å². The lowest BCUT2D eigenvalue weighted by atomic mass is 10.5. The first-order chi connectivity index (χ1) is 8.29. The van der Waals surface area contributed by atoms with E-state index >= 15 is 0 Å². The molecule has 88 valence electrons. The van der Waals surface area contributed by atoms with Gasteiger partial charge in [-0.15, -0.1) is 0 Å². The minimum absolute atomic E-state index is 0.615. The third kappa shape index (κ3) is 3.31. The van der Waals surface area contributed by atoms with E-state index in [2.05, 4.69) is 20.3 Å². The van der Waals surface area contributed by atoms with Crippen LogP contribution in [-0.2, 0) is 0 Å². The molecule has 0 amide bonds. The summed E-state index contributed by atoms with van der Waals surface area (Å²) in [6, 6.07) is 5.44. The highest BCUT2D eigenvalue weighted by Gasteiger charge is 2.05. The molecule has 2 heterocycles. The summed E-state index contributed by atoms with van der Waals surface area (Å²) >= 11 is 7.45. The molecule has 6 heteroatoms. The number of nitrogens with one attached hydrogen (secondary N) is 1. The molecular weight excluding hydrogens is 256 g/mol. The number of pyridine rings is 1. The quantitative estimate of drug-likeness (QED) is 0.862. The summed E-state index contributed by atoms with van der Waals surface area (Å²) in [4.78, 5) is 12.6. The summed E-state index contributed by atoms with van der Waals surface area (Å²) < 4.78 is 0. The molecule has 0 aliphatic carbocycles. The summed E-state index contributed by atoms with van der Waals surface area (Å²) in [5.74, 6) is 0.615. The summed E-state index contributed by atoms with van der Waals surface area (Å²) in [6.45, 7) is 2.79. The van der Waals surface area contributed by atoms with E-state index in [0.717, 1.165) is 16.6 Å². The Labute approximate surface area is 109 Å². The molecule has 0 aliphatic heterocycles. The van der Waals surface area contributed by atoms with Crippen LogP contribution in [0.1, 0.15) is 6.92 Å². The van der Waals surface area contributed by atoms with Gasteiger partial charge in [0.05, 0.1) is 5.02 Å². The minimum atomic E-state index is 0.615. The van der Waals surface area contributed by atoms with Crippen molar-refractivity contribution in [3.05, 3.63) is 35.6 Å². The molecule has 2 aromatic rings. The molecule has 2 aromatic heterocycles. The third-order valence-electron chi connectivity index (χ3n) is 1.89. The van der Waals surface area contributed by atoms with E-state index in [1.54, 1.807) is 18.5 Å². The second kappa shape index (κ2) is 5.84. The van der Waals surface area contributed by atoms with Crippen molar-refractivity contribution in [2.45, 2.75) is 17.0 Å². The van der Waals surface area contributed by atoms with Gasteiger partial charge >= 0.3 is 0 Å². The standard InChI is InChI=1S/C11H11ClN4S/c1-2-13-11-15-7-5-9(16-11)17-10-8(12)4-3-6-14-10/h3-7H,2H2,1H3,(H,13,15,16). The van der Waals surface area contributed by atoms with Gasteiger partial charge in [-0.1, -0.05) is 11.6 Å². The number of hydrogen-bond donors (Lipinski definition) is 1. The van der Waals surface area contributed by atoms with Crippen molar-refractivity contribution in [2.24, 2.45) is 0 Å². The molecule has 0 aliphatic rings. The van der Waals surface area contributed by atoms with E-state index in [9.17, 15) is 0 Å². The monoisotopic (exact) mass is 266 g/mol. The van der Waals surface area contributed by atoms with Gasteiger partial charge in [-0.3, -0.25) is 0 Å². The van der Waals surface area contributed by atoms with Crippen LogP contribution in [0.3, 0.4) is 0 Å². The number of halogens is 1. The maximum atomic E-state index is 6.03. The van der Waals surface area contributed by atoms with Crippen molar-refractivity contribution in [1.82, 2.24) is 15.0 Å². The van der Waals surface area contributed by atoms with Gasteiger partial charge in [-0.05, 0) is 36.9 Å². The summed E-state index contributed by atoms with van der Waals surface area (Å²) in [6.07, 6.45) is 3.42. The van der Waals surface area contributed by atoms with Gasteiger partial charge in [-0.2, -0.15) is 0 Å². The Morgan fingerprint density at radius 2 is 2.18 bits per heavy atom. The van der Waals surface area contributed by atoms with Gasteiger partial charge < -0.3 is 5.32 Å². The number of nitrogens with zero attached hydrogens (tertiary/aromatic N) is 3. The molecular formula is C11H11ClN4S. The van der Waals surface area contributed by atoms with Crippen LogP contribution in [0.4, 0.5) is 5.95 Å². The molecule has 0 spiro atoms. The van der Waals surface area contributed by atoms with Crippen LogP contribution in [0, 0.1) is 0 Å². The second-order valence-electron chi connectivity index (χ2n) is 3.14. The zero-order valence-corrected chi connectivity index (χ0v) is 10.8. The summed E-state index contributed by atoms with van der Waals surface area (Å²) in [7, 11) is 0. The topological polar surface area (TPSA) is 50.7 Å².